The fourth-order valence-electron chi connectivity index (χ4n) is 3.20. The zero-order valence-corrected chi connectivity index (χ0v) is 18.3. The van der Waals surface area contributed by atoms with Crippen LogP contribution in [0.25, 0.3) is 22.3 Å². The summed E-state index contributed by atoms with van der Waals surface area (Å²) in [5, 5.41) is 14.2. The Morgan fingerprint density at radius 1 is 1.03 bits per heavy atom. The third kappa shape index (κ3) is 3.80. The Hall–Kier alpha value is -4.42. The van der Waals surface area contributed by atoms with Gasteiger partial charge >= 0.3 is 5.69 Å². The number of nitrogens with one attached hydrogen (secondary N) is 2. The number of fused-ring (bicyclic) bond motifs is 1. The average molecular weight is 499 g/mol. The predicted molar refractivity (Wildman–Crippen MR) is 124 cm³/mol. The van der Waals surface area contributed by atoms with E-state index in [1.807, 2.05) is 17.1 Å². The number of pyridine rings is 1. The van der Waals surface area contributed by atoms with Crippen molar-refractivity contribution in [2.24, 2.45) is 0 Å². The molecule has 0 aliphatic heterocycles. The van der Waals surface area contributed by atoms with Crippen molar-refractivity contribution in [2.75, 3.05) is 5.73 Å². The van der Waals surface area contributed by atoms with Crippen molar-refractivity contribution in [1.82, 2.24) is 34.6 Å². The summed E-state index contributed by atoms with van der Waals surface area (Å²) < 4.78 is 8.34. The van der Waals surface area contributed by atoms with E-state index in [1.165, 1.54) is 18.2 Å². The molecule has 34 heavy (non-hydrogen) atoms. The summed E-state index contributed by atoms with van der Waals surface area (Å²) in [4.78, 5) is 37.6. The van der Waals surface area contributed by atoms with Crippen LogP contribution in [0, 0.1) is 0 Å². The van der Waals surface area contributed by atoms with Gasteiger partial charge < -0.3 is 10.5 Å². The van der Waals surface area contributed by atoms with Crippen LogP contribution in [-0.4, -0.2) is 34.6 Å². The van der Waals surface area contributed by atoms with Crippen LogP contribution in [0.3, 0.4) is 0 Å². The van der Waals surface area contributed by atoms with Crippen LogP contribution in [0.1, 0.15) is 0 Å². The number of anilines is 1. The maximum Gasteiger partial charge on any atom is 0.349 e. The number of H-pyrrole nitrogens is 2. The second kappa shape index (κ2) is 8.17. The summed E-state index contributed by atoms with van der Waals surface area (Å²) in [6.07, 6.45) is 3.35. The molecule has 0 aliphatic carbocycles. The van der Waals surface area contributed by atoms with E-state index in [4.69, 9.17) is 33.7 Å². The van der Waals surface area contributed by atoms with Gasteiger partial charge in [-0.15, -0.1) is 10.2 Å². The highest BCUT2D eigenvalue weighted by molar-refractivity contribution is 6.37. The standard InChI is InChI=1S/C20H12Cl2N8O4/c21-13-5-11(30-20(33)25-18(32)17(23)28-30)6-14(22)16(13)34-19-12(7-15(31)26-27-19)9-1-2-10-3-4-24-29(10)8-9/h1-8H,(H2,23,28)(H,26,31)(H,25,32,33). The molecule has 0 radical (unpaired) electrons. The first kappa shape index (κ1) is 21.4. The highest BCUT2D eigenvalue weighted by atomic mass is 35.5. The molecule has 4 heterocycles. The monoisotopic (exact) mass is 498 g/mol. The van der Waals surface area contributed by atoms with Crippen LogP contribution in [0.15, 0.2) is 63.2 Å². The molecule has 4 N–H and O–H groups in total. The Kier molecular flexibility index (Phi) is 5.15. The smallest absolute Gasteiger partial charge is 0.349 e. The molecule has 0 amide bonds. The van der Waals surface area contributed by atoms with E-state index < -0.39 is 22.6 Å². The number of nitrogens with two attached hydrogens (primary N) is 1. The zero-order chi connectivity index (χ0) is 24.0. The molecule has 0 atom stereocenters. The van der Waals surface area contributed by atoms with Crippen molar-refractivity contribution in [3.8, 4) is 28.4 Å². The van der Waals surface area contributed by atoms with E-state index in [0.717, 1.165) is 10.2 Å². The fraction of sp³-hybridized carbons (Fsp3) is 0. The van der Waals surface area contributed by atoms with Gasteiger partial charge in [0.1, 0.15) is 0 Å². The maximum absolute atomic E-state index is 12.1. The molecule has 1 aromatic carbocycles. The van der Waals surface area contributed by atoms with Crippen LogP contribution in [0.4, 0.5) is 5.82 Å². The number of hydrogen-bond acceptors (Lipinski definition) is 8. The van der Waals surface area contributed by atoms with Crippen molar-refractivity contribution in [3.05, 3.63) is 90.0 Å². The molecule has 170 valence electrons. The number of rotatable bonds is 4. The number of aromatic amines is 2. The van der Waals surface area contributed by atoms with Crippen molar-refractivity contribution in [2.45, 2.75) is 0 Å². The Morgan fingerprint density at radius 3 is 2.56 bits per heavy atom. The van der Waals surface area contributed by atoms with Crippen LogP contribution in [-0.2, 0) is 0 Å². The van der Waals surface area contributed by atoms with Gasteiger partial charge in [0, 0.05) is 24.0 Å². The van der Waals surface area contributed by atoms with Crippen LogP contribution >= 0.6 is 23.2 Å². The minimum absolute atomic E-state index is 0.00227. The van der Waals surface area contributed by atoms with Crippen molar-refractivity contribution < 1.29 is 4.74 Å². The van der Waals surface area contributed by atoms with E-state index in [0.29, 0.717) is 11.1 Å². The van der Waals surface area contributed by atoms with Gasteiger partial charge in [0.2, 0.25) is 11.7 Å². The van der Waals surface area contributed by atoms with E-state index in [1.54, 1.807) is 23.0 Å². The van der Waals surface area contributed by atoms with Gasteiger partial charge in [-0.25, -0.2) is 14.4 Å². The molecule has 0 fully saturated rings. The molecular weight excluding hydrogens is 487 g/mol. The van der Waals surface area contributed by atoms with Gasteiger partial charge in [0.05, 0.1) is 26.8 Å². The third-order valence-corrected chi connectivity index (χ3v) is 5.32. The summed E-state index contributed by atoms with van der Waals surface area (Å²) in [5.41, 5.74) is 5.36. The molecule has 0 aliphatic rings. The third-order valence-electron chi connectivity index (χ3n) is 4.76. The Balaban J connectivity index is 1.58. The Labute approximate surface area is 198 Å². The van der Waals surface area contributed by atoms with E-state index >= 15 is 0 Å². The van der Waals surface area contributed by atoms with Gasteiger partial charge in [-0.1, -0.05) is 29.3 Å². The van der Waals surface area contributed by atoms with Crippen molar-refractivity contribution >= 4 is 34.5 Å². The van der Waals surface area contributed by atoms with E-state index in [9.17, 15) is 14.4 Å². The Morgan fingerprint density at radius 2 is 1.79 bits per heavy atom. The average Bonchev–Trinajstić information content (AvgIpc) is 3.27. The maximum atomic E-state index is 12.1. The number of hydrogen-bond donors (Lipinski definition) is 3. The number of nitrogens with zero attached hydrogens (tertiary/aromatic N) is 5. The second-order valence-electron chi connectivity index (χ2n) is 6.97. The SMILES string of the molecule is Nc1nn(-c2cc(Cl)c(Oc3n[nH]c(=O)cc3-c3ccc4ccnn4c3)c(Cl)c2)c(=O)[nH]c1=O. The highest BCUT2D eigenvalue weighted by Gasteiger charge is 2.18. The minimum atomic E-state index is -0.835. The number of benzene rings is 1. The van der Waals surface area contributed by atoms with Gasteiger partial charge in [-0.05, 0) is 24.3 Å². The van der Waals surface area contributed by atoms with Crippen LogP contribution in [0.2, 0.25) is 10.0 Å². The second-order valence-corrected chi connectivity index (χ2v) is 7.78. The van der Waals surface area contributed by atoms with Crippen molar-refractivity contribution in [3.63, 3.8) is 0 Å². The fourth-order valence-corrected chi connectivity index (χ4v) is 3.75. The summed E-state index contributed by atoms with van der Waals surface area (Å²) in [6.45, 7) is 0. The predicted octanol–water partition coefficient (Wildman–Crippen LogP) is 2.00. The number of halogens is 2. The molecule has 0 bridgehead atoms. The highest BCUT2D eigenvalue weighted by Crippen LogP contribution is 2.39. The molecule has 5 aromatic rings. The molecule has 4 aromatic heterocycles. The lowest BCUT2D eigenvalue weighted by Gasteiger charge is -2.13. The van der Waals surface area contributed by atoms with Crippen LogP contribution < -0.4 is 27.3 Å². The number of aromatic nitrogens is 7. The first-order chi connectivity index (χ1) is 16.3. The summed E-state index contributed by atoms with van der Waals surface area (Å²) in [5.74, 6) is -0.381. The molecule has 0 unspecified atom stereocenters. The zero-order valence-electron chi connectivity index (χ0n) is 16.8. The van der Waals surface area contributed by atoms with E-state index in [-0.39, 0.29) is 27.4 Å². The normalized spacial score (nSPS) is 11.1. The Bertz CT molecular complexity index is 1730. The lowest BCUT2D eigenvalue weighted by molar-refractivity contribution is 0.456. The molecule has 0 spiro atoms. The van der Waals surface area contributed by atoms with Gasteiger partial charge in [-0.3, -0.25) is 14.6 Å². The minimum Gasteiger partial charge on any atom is -0.434 e. The molecule has 0 saturated carbocycles. The number of ether oxygens (including phenoxy) is 1. The molecular formula is C20H12Cl2N8O4. The molecule has 14 heteroatoms. The summed E-state index contributed by atoms with van der Waals surface area (Å²) in [7, 11) is 0. The van der Waals surface area contributed by atoms with Gasteiger partial charge in [-0.2, -0.15) is 9.78 Å². The summed E-state index contributed by atoms with van der Waals surface area (Å²) in [6, 6.07) is 9.43. The first-order valence-corrected chi connectivity index (χ1v) is 10.3. The largest absolute Gasteiger partial charge is 0.434 e. The molecule has 0 saturated heterocycles. The van der Waals surface area contributed by atoms with Crippen molar-refractivity contribution in [1.29, 1.82) is 0 Å². The lowest BCUT2D eigenvalue weighted by atomic mass is 10.1. The summed E-state index contributed by atoms with van der Waals surface area (Å²) >= 11 is 12.8. The van der Waals surface area contributed by atoms with Gasteiger partial charge in [0.15, 0.2) is 5.75 Å². The van der Waals surface area contributed by atoms with Crippen LogP contribution in [0.5, 0.6) is 11.6 Å². The molecule has 12 nitrogen and oxygen atoms in total. The lowest BCUT2D eigenvalue weighted by Crippen LogP contribution is -2.33. The van der Waals surface area contributed by atoms with E-state index in [2.05, 4.69) is 20.4 Å². The van der Waals surface area contributed by atoms with Gasteiger partial charge in [0.25, 0.3) is 11.1 Å². The number of nitrogen functional groups attached to an aromatic ring is 1. The molecule has 5 rings (SSSR count). The first-order valence-electron chi connectivity index (χ1n) is 9.50. The quantitative estimate of drug-likeness (QED) is 0.338. The topological polar surface area (TPSA) is 166 Å².